The normalized spacial score (nSPS) is 11.7. The van der Waals surface area contributed by atoms with Crippen molar-refractivity contribution in [3.8, 4) is 11.5 Å². The molecule has 0 aliphatic rings. The van der Waals surface area contributed by atoms with Gasteiger partial charge < -0.3 is 19.4 Å². The quantitative estimate of drug-likeness (QED) is 0.633. The Kier molecular flexibility index (Phi) is 6.49. The molecular weight excluding hydrogens is 373 g/mol. The molecule has 2 aromatic carbocycles. The number of carbonyl (C=O) groups excluding carboxylic acids is 1. The fourth-order valence-corrected chi connectivity index (χ4v) is 3.13. The maximum Gasteiger partial charge on any atom is 0.221 e. The zero-order valence-electron chi connectivity index (χ0n) is 16.7. The topological polar surface area (TPSA) is 65.4 Å². The maximum atomic E-state index is 13.8. The Labute approximate surface area is 169 Å². The van der Waals surface area contributed by atoms with Crippen LogP contribution in [0, 0.1) is 5.82 Å². The highest BCUT2D eigenvalue weighted by Crippen LogP contribution is 2.29. The van der Waals surface area contributed by atoms with E-state index in [4.69, 9.17) is 9.47 Å². The number of nitrogens with one attached hydrogen (secondary N) is 1. The number of nitrogens with zero attached hydrogens (tertiary/aromatic N) is 2. The summed E-state index contributed by atoms with van der Waals surface area (Å²) < 4.78 is 26.4. The third-order valence-electron chi connectivity index (χ3n) is 4.71. The second kappa shape index (κ2) is 9.23. The first kappa shape index (κ1) is 20.4. The van der Waals surface area contributed by atoms with Gasteiger partial charge in [0.15, 0.2) is 0 Å². The van der Waals surface area contributed by atoms with Crippen LogP contribution in [0.3, 0.4) is 0 Å². The molecule has 1 unspecified atom stereocenters. The molecule has 3 rings (SSSR count). The van der Waals surface area contributed by atoms with E-state index in [0.29, 0.717) is 29.3 Å². The largest absolute Gasteiger partial charge is 0.497 e. The number of aryl methyl sites for hydroxylation is 2. The minimum atomic E-state index is -0.507. The van der Waals surface area contributed by atoms with Gasteiger partial charge >= 0.3 is 0 Å². The lowest BCUT2D eigenvalue weighted by atomic mass is 10.0. The van der Waals surface area contributed by atoms with Gasteiger partial charge in [0.05, 0.1) is 14.2 Å². The van der Waals surface area contributed by atoms with E-state index in [1.54, 1.807) is 44.7 Å². The molecule has 0 aliphatic heterocycles. The molecule has 0 spiro atoms. The third kappa shape index (κ3) is 4.93. The van der Waals surface area contributed by atoms with Gasteiger partial charge in [-0.25, -0.2) is 9.37 Å². The van der Waals surface area contributed by atoms with E-state index in [2.05, 4.69) is 10.3 Å². The summed E-state index contributed by atoms with van der Waals surface area (Å²) >= 11 is 0. The molecule has 3 aromatic rings. The van der Waals surface area contributed by atoms with E-state index in [0.717, 1.165) is 5.56 Å². The van der Waals surface area contributed by atoms with Crippen LogP contribution >= 0.6 is 0 Å². The van der Waals surface area contributed by atoms with Crippen molar-refractivity contribution in [3.05, 3.63) is 77.6 Å². The molecule has 6 nitrogen and oxygen atoms in total. The van der Waals surface area contributed by atoms with Gasteiger partial charge in [-0.15, -0.1) is 0 Å². The highest BCUT2D eigenvalue weighted by molar-refractivity contribution is 5.77. The van der Waals surface area contributed by atoms with E-state index < -0.39 is 6.04 Å². The number of ether oxygens (including phenoxy) is 2. The molecular formula is C22H24FN3O3. The van der Waals surface area contributed by atoms with Gasteiger partial charge in [-0.2, -0.15) is 0 Å². The molecule has 7 heteroatoms. The number of benzene rings is 2. The van der Waals surface area contributed by atoms with Crippen LogP contribution in [0.1, 0.15) is 29.4 Å². The highest BCUT2D eigenvalue weighted by Gasteiger charge is 2.22. The van der Waals surface area contributed by atoms with Crippen molar-refractivity contribution in [1.82, 2.24) is 14.9 Å². The van der Waals surface area contributed by atoms with Crippen LogP contribution < -0.4 is 14.8 Å². The fourth-order valence-electron chi connectivity index (χ4n) is 3.13. The van der Waals surface area contributed by atoms with Gasteiger partial charge in [0.1, 0.15) is 29.2 Å². The molecule has 0 fully saturated rings. The van der Waals surface area contributed by atoms with Crippen LogP contribution in [-0.2, 0) is 18.3 Å². The molecule has 0 bridgehead atoms. The van der Waals surface area contributed by atoms with Crippen molar-refractivity contribution in [2.45, 2.75) is 18.9 Å². The molecule has 0 radical (unpaired) electrons. The lowest BCUT2D eigenvalue weighted by Crippen LogP contribution is -2.31. The first-order chi connectivity index (χ1) is 14.0. The van der Waals surface area contributed by atoms with Crippen molar-refractivity contribution in [1.29, 1.82) is 0 Å². The first-order valence-corrected chi connectivity index (χ1v) is 9.24. The summed E-state index contributed by atoms with van der Waals surface area (Å²) in [6.45, 7) is 0. The number of hydrogen-bond donors (Lipinski definition) is 1. The van der Waals surface area contributed by atoms with E-state index in [-0.39, 0.29) is 18.1 Å². The fraction of sp³-hybridized carbons (Fsp3) is 0.273. The van der Waals surface area contributed by atoms with Crippen LogP contribution in [0.2, 0.25) is 0 Å². The molecule has 0 aliphatic carbocycles. The molecule has 0 saturated carbocycles. The predicted molar refractivity (Wildman–Crippen MR) is 107 cm³/mol. The SMILES string of the molecule is COc1cc(OC)cc(C(NC(=O)CCc2ccccc2F)c2nccn2C)c1. The maximum absolute atomic E-state index is 13.8. The monoisotopic (exact) mass is 397 g/mol. The van der Waals surface area contributed by atoms with Crippen molar-refractivity contribution < 1.29 is 18.7 Å². The lowest BCUT2D eigenvalue weighted by molar-refractivity contribution is -0.121. The van der Waals surface area contributed by atoms with Crippen molar-refractivity contribution in [3.63, 3.8) is 0 Å². The summed E-state index contributed by atoms with van der Waals surface area (Å²) in [6, 6.07) is 11.4. The molecule has 152 valence electrons. The van der Waals surface area contributed by atoms with Gasteiger partial charge in [0.2, 0.25) is 5.91 Å². The molecule has 1 N–H and O–H groups in total. The van der Waals surface area contributed by atoms with Crippen molar-refractivity contribution >= 4 is 5.91 Å². The number of carbonyl (C=O) groups is 1. The van der Waals surface area contributed by atoms with Crippen LogP contribution in [0.5, 0.6) is 11.5 Å². The van der Waals surface area contributed by atoms with Gasteiger partial charge in [-0.3, -0.25) is 4.79 Å². The Hall–Kier alpha value is -3.35. The van der Waals surface area contributed by atoms with Gasteiger partial charge in [0.25, 0.3) is 0 Å². The Balaban J connectivity index is 1.84. The standard InChI is InChI=1S/C22H24FN3O3/c1-26-11-10-24-22(26)21(16-12-17(28-2)14-18(13-16)29-3)25-20(27)9-8-15-6-4-5-7-19(15)23/h4-7,10-14,21H,8-9H2,1-3H3,(H,25,27). The Morgan fingerprint density at radius 2 is 1.86 bits per heavy atom. The number of methoxy groups -OCH3 is 2. The smallest absolute Gasteiger partial charge is 0.221 e. The minimum absolute atomic E-state index is 0.156. The number of amides is 1. The summed E-state index contributed by atoms with van der Waals surface area (Å²) in [7, 11) is 5.00. The predicted octanol–water partition coefficient (Wildman–Crippen LogP) is 3.41. The van der Waals surface area contributed by atoms with Gasteiger partial charge in [-0.1, -0.05) is 18.2 Å². The molecule has 29 heavy (non-hydrogen) atoms. The molecule has 1 amide bonds. The van der Waals surface area contributed by atoms with E-state index in [9.17, 15) is 9.18 Å². The summed E-state index contributed by atoms with van der Waals surface area (Å²) in [4.78, 5) is 17.1. The van der Waals surface area contributed by atoms with Gasteiger partial charge in [0, 0.05) is 31.9 Å². The zero-order valence-corrected chi connectivity index (χ0v) is 16.7. The summed E-state index contributed by atoms with van der Waals surface area (Å²) in [5, 5.41) is 3.01. The Morgan fingerprint density at radius 1 is 1.17 bits per heavy atom. The van der Waals surface area contributed by atoms with Crippen molar-refractivity contribution in [2.24, 2.45) is 7.05 Å². The number of imidazole rings is 1. The highest BCUT2D eigenvalue weighted by atomic mass is 19.1. The molecule has 1 aromatic heterocycles. The third-order valence-corrected chi connectivity index (χ3v) is 4.71. The minimum Gasteiger partial charge on any atom is -0.497 e. The zero-order chi connectivity index (χ0) is 20.8. The Bertz CT molecular complexity index is 965. The second-order valence-electron chi connectivity index (χ2n) is 6.63. The van der Waals surface area contributed by atoms with Crippen molar-refractivity contribution in [2.75, 3.05) is 14.2 Å². The van der Waals surface area contributed by atoms with E-state index >= 15 is 0 Å². The number of aromatic nitrogens is 2. The van der Waals surface area contributed by atoms with Crippen LogP contribution in [0.4, 0.5) is 4.39 Å². The lowest BCUT2D eigenvalue weighted by Gasteiger charge is -2.20. The van der Waals surface area contributed by atoms with Crippen LogP contribution in [0.25, 0.3) is 0 Å². The van der Waals surface area contributed by atoms with E-state index in [1.807, 2.05) is 29.9 Å². The number of hydrogen-bond acceptors (Lipinski definition) is 4. The summed E-state index contributed by atoms with van der Waals surface area (Å²) in [5.41, 5.74) is 1.29. The average molecular weight is 397 g/mol. The molecule has 1 atom stereocenters. The van der Waals surface area contributed by atoms with Crippen LogP contribution in [0.15, 0.2) is 54.9 Å². The molecule has 0 saturated heterocycles. The first-order valence-electron chi connectivity index (χ1n) is 9.24. The number of halogens is 1. The average Bonchev–Trinajstić information content (AvgIpc) is 3.16. The summed E-state index contributed by atoms with van der Waals surface area (Å²) in [5.74, 6) is 1.37. The Morgan fingerprint density at radius 3 is 2.45 bits per heavy atom. The molecule has 1 heterocycles. The van der Waals surface area contributed by atoms with Crippen LogP contribution in [-0.4, -0.2) is 29.7 Å². The van der Waals surface area contributed by atoms with E-state index in [1.165, 1.54) is 6.07 Å². The van der Waals surface area contributed by atoms with Gasteiger partial charge in [-0.05, 0) is 35.7 Å². The number of rotatable bonds is 8. The summed E-state index contributed by atoms with van der Waals surface area (Å²) in [6.07, 6.45) is 3.95. The second-order valence-corrected chi connectivity index (χ2v) is 6.63.